The molecule has 5 nitrogen and oxygen atoms in total. The Morgan fingerprint density at radius 3 is 2.00 bits per heavy atom. The van der Waals surface area contributed by atoms with Crippen LogP contribution in [-0.2, 0) is 9.59 Å². The van der Waals surface area contributed by atoms with E-state index in [4.69, 9.17) is 0 Å². The molecule has 0 aromatic rings. The second-order valence-corrected chi connectivity index (χ2v) is 5.94. The Labute approximate surface area is 107 Å². The number of imide groups is 2. The maximum Gasteiger partial charge on any atom is 0.328 e. The maximum atomic E-state index is 12.2. The first-order valence-electron chi connectivity index (χ1n) is 6.48. The van der Waals surface area contributed by atoms with Crippen LogP contribution < -0.4 is 10.6 Å². The summed E-state index contributed by atoms with van der Waals surface area (Å²) in [5.41, 5.74) is -1.08. The number of hydrogen-bond acceptors (Lipinski definition) is 3. The molecule has 100 valence electrons. The molecule has 1 aliphatic heterocycles. The molecular weight excluding hydrogens is 232 g/mol. The third-order valence-electron chi connectivity index (χ3n) is 4.83. The molecule has 1 saturated heterocycles. The van der Waals surface area contributed by atoms with Crippen LogP contribution in [-0.4, -0.2) is 17.8 Å². The van der Waals surface area contributed by atoms with Gasteiger partial charge in [0.25, 0.3) is 0 Å². The summed E-state index contributed by atoms with van der Waals surface area (Å²) in [7, 11) is 0. The van der Waals surface area contributed by atoms with Gasteiger partial charge in [0, 0.05) is 0 Å². The van der Waals surface area contributed by atoms with Crippen LogP contribution in [0, 0.1) is 29.1 Å². The van der Waals surface area contributed by atoms with E-state index in [-0.39, 0.29) is 11.8 Å². The largest absolute Gasteiger partial charge is 0.328 e. The van der Waals surface area contributed by atoms with E-state index in [0.717, 1.165) is 6.42 Å². The molecular formula is C13H20N2O3. The molecule has 0 aromatic heterocycles. The first-order valence-corrected chi connectivity index (χ1v) is 6.48. The van der Waals surface area contributed by atoms with E-state index in [1.807, 2.05) is 13.8 Å². The molecule has 4 amide bonds. The molecule has 2 fully saturated rings. The van der Waals surface area contributed by atoms with Crippen molar-refractivity contribution in [1.29, 1.82) is 0 Å². The van der Waals surface area contributed by atoms with Gasteiger partial charge in [0.05, 0.1) is 0 Å². The summed E-state index contributed by atoms with van der Waals surface area (Å²) in [5, 5.41) is 4.51. The molecule has 2 aliphatic rings. The van der Waals surface area contributed by atoms with Gasteiger partial charge >= 0.3 is 6.03 Å². The summed E-state index contributed by atoms with van der Waals surface area (Å²) in [4.78, 5) is 35.7. The zero-order valence-corrected chi connectivity index (χ0v) is 11.2. The lowest BCUT2D eigenvalue weighted by molar-refractivity contribution is -0.150. The van der Waals surface area contributed by atoms with E-state index in [1.54, 1.807) is 0 Å². The van der Waals surface area contributed by atoms with Crippen molar-refractivity contribution < 1.29 is 14.4 Å². The number of amides is 4. The third-order valence-corrected chi connectivity index (χ3v) is 4.83. The van der Waals surface area contributed by atoms with E-state index < -0.39 is 23.3 Å². The van der Waals surface area contributed by atoms with Crippen molar-refractivity contribution in [2.75, 3.05) is 0 Å². The molecule has 1 heterocycles. The quantitative estimate of drug-likeness (QED) is 0.690. The second-order valence-electron chi connectivity index (χ2n) is 5.94. The van der Waals surface area contributed by atoms with Crippen LogP contribution in [0.3, 0.4) is 0 Å². The Kier molecular flexibility index (Phi) is 2.95. The van der Waals surface area contributed by atoms with Gasteiger partial charge in [0.1, 0.15) is 5.41 Å². The predicted octanol–water partition coefficient (Wildman–Crippen LogP) is 1.29. The van der Waals surface area contributed by atoms with Gasteiger partial charge in [-0.2, -0.15) is 0 Å². The minimum absolute atomic E-state index is 0.0481. The van der Waals surface area contributed by atoms with Crippen molar-refractivity contribution in [3.05, 3.63) is 0 Å². The maximum absolute atomic E-state index is 12.2. The molecule has 0 aromatic carbocycles. The van der Waals surface area contributed by atoms with Crippen molar-refractivity contribution in [1.82, 2.24) is 10.6 Å². The van der Waals surface area contributed by atoms with E-state index >= 15 is 0 Å². The van der Waals surface area contributed by atoms with Gasteiger partial charge < -0.3 is 0 Å². The Morgan fingerprint density at radius 1 is 1.11 bits per heavy atom. The topological polar surface area (TPSA) is 75.3 Å². The SMILES string of the molecule is CC(C)C1CC(C)C2(C(=O)NC(=O)NC2=O)C1C. The van der Waals surface area contributed by atoms with Gasteiger partial charge in [-0.3, -0.25) is 20.2 Å². The fraction of sp³-hybridized carbons (Fsp3) is 0.769. The highest BCUT2D eigenvalue weighted by molar-refractivity contribution is 6.19. The predicted molar refractivity (Wildman–Crippen MR) is 65.4 cm³/mol. The first-order chi connectivity index (χ1) is 8.31. The summed E-state index contributed by atoms with van der Waals surface area (Å²) in [6, 6.07) is -0.706. The van der Waals surface area contributed by atoms with Gasteiger partial charge in [-0.05, 0) is 30.1 Å². The van der Waals surface area contributed by atoms with Crippen LogP contribution >= 0.6 is 0 Å². The summed E-state index contributed by atoms with van der Waals surface area (Å²) >= 11 is 0. The Bertz CT molecular complexity index is 396. The Balaban J connectivity index is 2.43. The lowest BCUT2D eigenvalue weighted by Gasteiger charge is -2.38. The van der Waals surface area contributed by atoms with E-state index in [9.17, 15) is 14.4 Å². The van der Waals surface area contributed by atoms with Crippen LogP contribution in [0.15, 0.2) is 0 Å². The highest BCUT2D eigenvalue weighted by Crippen LogP contribution is 2.54. The fourth-order valence-electron chi connectivity index (χ4n) is 3.84. The summed E-state index contributed by atoms with van der Waals surface area (Å²) in [6.07, 6.45) is 0.841. The normalized spacial score (nSPS) is 34.9. The van der Waals surface area contributed by atoms with E-state index in [1.165, 1.54) is 0 Å². The number of barbiturate groups is 1. The summed E-state index contributed by atoms with van der Waals surface area (Å²) < 4.78 is 0. The molecule has 5 heteroatoms. The smallest absolute Gasteiger partial charge is 0.277 e. The highest BCUT2D eigenvalue weighted by atomic mass is 16.2. The number of hydrogen-bond donors (Lipinski definition) is 2. The standard InChI is InChI=1S/C13H20N2O3/c1-6(2)9-5-7(3)13(8(9)4)10(16)14-12(18)15-11(13)17/h6-9H,5H2,1-4H3,(H2,14,15,16,17,18). The summed E-state index contributed by atoms with van der Waals surface area (Å²) in [6.45, 7) is 8.09. The molecule has 2 rings (SSSR count). The van der Waals surface area contributed by atoms with Crippen molar-refractivity contribution in [2.24, 2.45) is 29.1 Å². The third kappa shape index (κ3) is 1.49. The first kappa shape index (κ1) is 13.1. The van der Waals surface area contributed by atoms with Gasteiger partial charge in [-0.15, -0.1) is 0 Å². The highest BCUT2D eigenvalue weighted by Gasteiger charge is 2.63. The minimum Gasteiger partial charge on any atom is -0.277 e. The van der Waals surface area contributed by atoms with Crippen LogP contribution in [0.4, 0.5) is 4.79 Å². The lowest BCUT2D eigenvalue weighted by atomic mass is 9.68. The number of rotatable bonds is 1. The monoisotopic (exact) mass is 252 g/mol. The number of carbonyl (C=O) groups excluding carboxylic acids is 3. The van der Waals surface area contributed by atoms with Gasteiger partial charge in [0.15, 0.2) is 0 Å². The number of nitrogens with one attached hydrogen (secondary N) is 2. The van der Waals surface area contributed by atoms with Crippen molar-refractivity contribution in [3.8, 4) is 0 Å². The number of urea groups is 1. The Hall–Kier alpha value is -1.39. The molecule has 0 radical (unpaired) electrons. The van der Waals surface area contributed by atoms with Gasteiger partial charge in [-0.1, -0.05) is 27.7 Å². The molecule has 3 atom stereocenters. The van der Waals surface area contributed by atoms with Crippen LogP contribution in [0.2, 0.25) is 0 Å². The molecule has 1 saturated carbocycles. The van der Waals surface area contributed by atoms with Crippen LogP contribution in [0.25, 0.3) is 0 Å². The fourth-order valence-corrected chi connectivity index (χ4v) is 3.84. The van der Waals surface area contributed by atoms with E-state index in [2.05, 4.69) is 24.5 Å². The van der Waals surface area contributed by atoms with Gasteiger partial charge in [0.2, 0.25) is 11.8 Å². The zero-order valence-electron chi connectivity index (χ0n) is 11.2. The summed E-state index contributed by atoms with van der Waals surface area (Å²) in [5.74, 6) is -0.225. The Morgan fingerprint density at radius 2 is 1.61 bits per heavy atom. The number of carbonyl (C=O) groups is 3. The van der Waals surface area contributed by atoms with Crippen molar-refractivity contribution >= 4 is 17.8 Å². The molecule has 0 bridgehead atoms. The molecule has 1 aliphatic carbocycles. The molecule has 1 spiro atoms. The zero-order chi connectivity index (χ0) is 13.7. The molecule has 3 unspecified atom stereocenters. The second kappa shape index (κ2) is 4.07. The van der Waals surface area contributed by atoms with Crippen molar-refractivity contribution in [3.63, 3.8) is 0 Å². The molecule has 2 N–H and O–H groups in total. The lowest BCUT2D eigenvalue weighted by Crippen LogP contribution is -2.65. The van der Waals surface area contributed by atoms with Crippen LogP contribution in [0.5, 0.6) is 0 Å². The average molecular weight is 252 g/mol. The van der Waals surface area contributed by atoms with Crippen LogP contribution in [0.1, 0.15) is 34.1 Å². The molecule has 18 heavy (non-hydrogen) atoms. The minimum atomic E-state index is -1.08. The average Bonchev–Trinajstić information content (AvgIpc) is 2.49. The van der Waals surface area contributed by atoms with E-state index in [0.29, 0.717) is 11.8 Å². The van der Waals surface area contributed by atoms with Gasteiger partial charge in [-0.25, -0.2) is 4.79 Å². The van der Waals surface area contributed by atoms with Crippen molar-refractivity contribution in [2.45, 2.75) is 34.1 Å².